The molecular formula is C13H18ClNO3. The van der Waals surface area contributed by atoms with Crippen LogP contribution in [0.2, 0.25) is 5.02 Å². The fourth-order valence-corrected chi connectivity index (χ4v) is 1.67. The van der Waals surface area contributed by atoms with Crippen molar-refractivity contribution in [1.29, 1.82) is 0 Å². The molecule has 1 aromatic rings. The van der Waals surface area contributed by atoms with Crippen molar-refractivity contribution >= 4 is 23.3 Å². The maximum absolute atomic E-state index is 11.7. The van der Waals surface area contributed by atoms with Crippen LogP contribution >= 0.6 is 11.6 Å². The standard InChI is InChI=1S/C13H18ClNO3/c1-4-11(13(16)18-5-2)15-12-8-9(17-3)6-7-10(12)14/h6-8,11,15H,4-5H2,1-3H3. The average Bonchev–Trinajstić information content (AvgIpc) is 2.38. The number of carbonyl (C=O) groups is 1. The molecule has 0 fully saturated rings. The summed E-state index contributed by atoms with van der Waals surface area (Å²) in [4.78, 5) is 11.7. The molecule has 0 heterocycles. The molecule has 0 bridgehead atoms. The number of esters is 1. The number of anilines is 1. The first-order valence-electron chi connectivity index (χ1n) is 5.89. The van der Waals surface area contributed by atoms with Crippen LogP contribution in [0.15, 0.2) is 18.2 Å². The monoisotopic (exact) mass is 271 g/mol. The maximum Gasteiger partial charge on any atom is 0.328 e. The second kappa shape index (κ2) is 7.11. The first kappa shape index (κ1) is 14.6. The lowest BCUT2D eigenvalue weighted by Gasteiger charge is -2.18. The Hall–Kier alpha value is -1.42. The Morgan fingerprint density at radius 1 is 1.44 bits per heavy atom. The van der Waals surface area contributed by atoms with Gasteiger partial charge in [0.1, 0.15) is 11.8 Å². The number of rotatable bonds is 6. The predicted molar refractivity (Wildman–Crippen MR) is 72.3 cm³/mol. The first-order valence-corrected chi connectivity index (χ1v) is 6.26. The van der Waals surface area contributed by atoms with E-state index in [1.165, 1.54) is 0 Å². The van der Waals surface area contributed by atoms with E-state index in [-0.39, 0.29) is 5.97 Å². The Kier molecular flexibility index (Phi) is 5.78. The number of nitrogens with one attached hydrogen (secondary N) is 1. The highest BCUT2D eigenvalue weighted by atomic mass is 35.5. The average molecular weight is 272 g/mol. The van der Waals surface area contributed by atoms with E-state index in [1.807, 2.05) is 6.92 Å². The molecule has 0 aliphatic rings. The van der Waals surface area contributed by atoms with Crippen LogP contribution in [0.4, 0.5) is 5.69 Å². The van der Waals surface area contributed by atoms with Gasteiger partial charge in [-0.25, -0.2) is 4.79 Å². The molecular weight excluding hydrogens is 254 g/mol. The molecule has 0 amide bonds. The summed E-state index contributed by atoms with van der Waals surface area (Å²) in [6, 6.07) is 4.83. The molecule has 0 aromatic heterocycles. The minimum atomic E-state index is -0.408. The van der Waals surface area contributed by atoms with Gasteiger partial charge in [0.2, 0.25) is 0 Å². The molecule has 5 heteroatoms. The van der Waals surface area contributed by atoms with Gasteiger partial charge in [0.15, 0.2) is 0 Å². The van der Waals surface area contributed by atoms with E-state index >= 15 is 0 Å². The van der Waals surface area contributed by atoms with Gasteiger partial charge < -0.3 is 14.8 Å². The second-order valence-corrected chi connectivity index (χ2v) is 4.11. The van der Waals surface area contributed by atoms with Crippen LogP contribution in [0.5, 0.6) is 5.75 Å². The highest BCUT2D eigenvalue weighted by Gasteiger charge is 2.18. The molecule has 0 radical (unpaired) electrons. The Balaban J connectivity index is 2.83. The van der Waals surface area contributed by atoms with Gasteiger partial charge in [0.25, 0.3) is 0 Å². The summed E-state index contributed by atoms with van der Waals surface area (Å²) < 4.78 is 10.1. The van der Waals surface area contributed by atoms with Gasteiger partial charge in [0, 0.05) is 6.07 Å². The van der Waals surface area contributed by atoms with E-state index in [0.717, 1.165) is 0 Å². The molecule has 4 nitrogen and oxygen atoms in total. The second-order valence-electron chi connectivity index (χ2n) is 3.70. The maximum atomic E-state index is 11.7. The van der Waals surface area contributed by atoms with Crippen molar-refractivity contribution in [2.75, 3.05) is 19.0 Å². The van der Waals surface area contributed by atoms with Crippen molar-refractivity contribution in [3.8, 4) is 5.75 Å². The molecule has 0 aliphatic heterocycles. The van der Waals surface area contributed by atoms with Crippen LogP contribution < -0.4 is 10.1 Å². The lowest BCUT2D eigenvalue weighted by atomic mass is 10.2. The molecule has 0 spiro atoms. The van der Waals surface area contributed by atoms with Crippen molar-refractivity contribution in [3.63, 3.8) is 0 Å². The summed E-state index contributed by atoms with van der Waals surface area (Å²) in [6.07, 6.45) is 0.617. The Labute approximate surface area is 112 Å². The summed E-state index contributed by atoms with van der Waals surface area (Å²) in [5.41, 5.74) is 0.663. The normalized spacial score (nSPS) is 11.8. The van der Waals surface area contributed by atoms with Crippen molar-refractivity contribution < 1.29 is 14.3 Å². The molecule has 0 saturated heterocycles. The number of methoxy groups -OCH3 is 1. The highest BCUT2D eigenvalue weighted by Crippen LogP contribution is 2.27. The van der Waals surface area contributed by atoms with Crippen molar-refractivity contribution in [2.24, 2.45) is 0 Å². The van der Waals surface area contributed by atoms with Crippen LogP contribution in [0.25, 0.3) is 0 Å². The number of hydrogen-bond donors (Lipinski definition) is 1. The van der Waals surface area contributed by atoms with Gasteiger partial charge >= 0.3 is 5.97 Å². The van der Waals surface area contributed by atoms with E-state index in [9.17, 15) is 4.79 Å². The molecule has 1 atom stereocenters. The number of halogens is 1. The van der Waals surface area contributed by atoms with Gasteiger partial charge in [-0.1, -0.05) is 18.5 Å². The molecule has 1 aromatic carbocycles. The number of carbonyl (C=O) groups excluding carboxylic acids is 1. The largest absolute Gasteiger partial charge is 0.497 e. The van der Waals surface area contributed by atoms with Crippen LogP contribution in [0, 0.1) is 0 Å². The number of hydrogen-bond acceptors (Lipinski definition) is 4. The zero-order valence-electron chi connectivity index (χ0n) is 10.8. The highest BCUT2D eigenvalue weighted by molar-refractivity contribution is 6.33. The number of benzene rings is 1. The Morgan fingerprint density at radius 3 is 2.72 bits per heavy atom. The van der Waals surface area contributed by atoms with Gasteiger partial charge in [-0.05, 0) is 25.5 Å². The zero-order valence-corrected chi connectivity index (χ0v) is 11.6. The third-order valence-electron chi connectivity index (χ3n) is 2.48. The smallest absolute Gasteiger partial charge is 0.328 e. The van der Waals surface area contributed by atoms with Crippen LogP contribution in [-0.4, -0.2) is 25.7 Å². The predicted octanol–water partition coefficient (Wildman–Crippen LogP) is 3.10. The third-order valence-corrected chi connectivity index (χ3v) is 2.81. The van der Waals surface area contributed by atoms with E-state index in [0.29, 0.717) is 29.5 Å². The van der Waals surface area contributed by atoms with Crippen molar-refractivity contribution in [3.05, 3.63) is 23.2 Å². The van der Waals surface area contributed by atoms with Crippen molar-refractivity contribution in [1.82, 2.24) is 0 Å². The molecule has 100 valence electrons. The molecule has 1 rings (SSSR count). The lowest BCUT2D eigenvalue weighted by molar-refractivity contribution is -0.144. The van der Waals surface area contributed by atoms with E-state index < -0.39 is 6.04 Å². The van der Waals surface area contributed by atoms with Crippen LogP contribution in [0.3, 0.4) is 0 Å². The van der Waals surface area contributed by atoms with Crippen LogP contribution in [-0.2, 0) is 9.53 Å². The Morgan fingerprint density at radius 2 is 2.17 bits per heavy atom. The third kappa shape index (κ3) is 3.81. The number of ether oxygens (including phenoxy) is 2. The van der Waals surface area contributed by atoms with Gasteiger partial charge in [-0.15, -0.1) is 0 Å². The topological polar surface area (TPSA) is 47.6 Å². The molecule has 0 aliphatic carbocycles. The van der Waals surface area contributed by atoms with Gasteiger partial charge in [-0.3, -0.25) is 0 Å². The summed E-state index contributed by atoms with van der Waals surface area (Å²) in [6.45, 7) is 4.05. The molecule has 1 unspecified atom stereocenters. The zero-order chi connectivity index (χ0) is 13.5. The SMILES string of the molecule is CCOC(=O)C(CC)Nc1cc(OC)ccc1Cl. The Bertz CT molecular complexity index is 409. The summed E-state index contributed by atoms with van der Waals surface area (Å²) in [5.74, 6) is 0.402. The first-order chi connectivity index (χ1) is 8.62. The van der Waals surface area contributed by atoms with Gasteiger partial charge in [0.05, 0.1) is 24.4 Å². The van der Waals surface area contributed by atoms with E-state index in [4.69, 9.17) is 21.1 Å². The minimum absolute atomic E-state index is 0.279. The van der Waals surface area contributed by atoms with E-state index in [2.05, 4.69) is 5.32 Å². The molecule has 18 heavy (non-hydrogen) atoms. The van der Waals surface area contributed by atoms with Crippen molar-refractivity contribution in [2.45, 2.75) is 26.3 Å². The fourth-order valence-electron chi connectivity index (χ4n) is 1.50. The fraction of sp³-hybridized carbons (Fsp3) is 0.462. The van der Waals surface area contributed by atoms with E-state index in [1.54, 1.807) is 32.2 Å². The van der Waals surface area contributed by atoms with Crippen LogP contribution in [0.1, 0.15) is 20.3 Å². The quantitative estimate of drug-likeness (QED) is 0.808. The summed E-state index contributed by atoms with van der Waals surface area (Å²) in [5, 5.41) is 3.61. The lowest BCUT2D eigenvalue weighted by Crippen LogP contribution is -2.30. The molecule has 1 N–H and O–H groups in total. The summed E-state index contributed by atoms with van der Waals surface area (Å²) >= 11 is 6.07. The minimum Gasteiger partial charge on any atom is -0.497 e. The van der Waals surface area contributed by atoms with Gasteiger partial charge in [-0.2, -0.15) is 0 Å². The molecule has 0 saturated carbocycles. The summed E-state index contributed by atoms with van der Waals surface area (Å²) in [7, 11) is 1.58.